The van der Waals surface area contributed by atoms with Gasteiger partial charge in [-0.05, 0) is 12.1 Å². The number of nitrogens with one attached hydrogen (secondary N) is 1. The lowest BCUT2D eigenvalue weighted by molar-refractivity contribution is -0.136. The van der Waals surface area contributed by atoms with Crippen molar-refractivity contribution in [3.63, 3.8) is 0 Å². The fraction of sp³-hybridized carbons (Fsp3) is 0.222. The van der Waals surface area contributed by atoms with Gasteiger partial charge in [-0.3, -0.25) is 9.52 Å². The molecule has 94 valence electrons. The summed E-state index contributed by atoms with van der Waals surface area (Å²) in [6, 6.07) is 2.86. The zero-order chi connectivity index (χ0) is 13.1. The van der Waals surface area contributed by atoms with Crippen molar-refractivity contribution in [3.05, 3.63) is 29.8 Å². The van der Waals surface area contributed by atoms with Crippen LogP contribution in [0.4, 0.5) is 14.5 Å². The van der Waals surface area contributed by atoms with Gasteiger partial charge < -0.3 is 5.11 Å². The quantitative estimate of drug-likeness (QED) is 0.837. The Balaban J connectivity index is 2.87. The standard InChI is InChI=1S/C9H9F2NO4S/c10-6-2-1-3-7(11)9(6)12-17(15,16)5-4-8(13)14/h1-3,12H,4-5H2,(H,13,14). The van der Waals surface area contributed by atoms with E-state index in [4.69, 9.17) is 5.11 Å². The molecule has 0 saturated carbocycles. The van der Waals surface area contributed by atoms with E-state index in [1.807, 2.05) is 0 Å². The van der Waals surface area contributed by atoms with Crippen molar-refractivity contribution in [2.45, 2.75) is 6.42 Å². The first-order chi connectivity index (χ1) is 7.82. The summed E-state index contributed by atoms with van der Waals surface area (Å²) in [5, 5.41) is 8.31. The summed E-state index contributed by atoms with van der Waals surface area (Å²) in [6.45, 7) is 0. The maximum absolute atomic E-state index is 13.1. The molecule has 17 heavy (non-hydrogen) atoms. The number of carboxylic acids is 1. The van der Waals surface area contributed by atoms with E-state index in [0.29, 0.717) is 0 Å². The molecule has 0 aliphatic carbocycles. The number of sulfonamides is 1. The summed E-state index contributed by atoms with van der Waals surface area (Å²) in [6.07, 6.45) is -0.647. The Kier molecular flexibility index (Phi) is 4.00. The van der Waals surface area contributed by atoms with Gasteiger partial charge in [0.2, 0.25) is 10.0 Å². The van der Waals surface area contributed by atoms with Crippen molar-refractivity contribution in [1.82, 2.24) is 0 Å². The molecule has 0 bridgehead atoms. The third kappa shape index (κ3) is 3.99. The van der Waals surface area contributed by atoms with Crippen LogP contribution in [-0.2, 0) is 14.8 Å². The molecular formula is C9H9F2NO4S. The topological polar surface area (TPSA) is 83.5 Å². The van der Waals surface area contributed by atoms with Crippen LogP contribution in [0.25, 0.3) is 0 Å². The van der Waals surface area contributed by atoms with Gasteiger partial charge in [-0.25, -0.2) is 17.2 Å². The molecule has 0 spiro atoms. The number of rotatable bonds is 5. The van der Waals surface area contributed by atoms with E-state index in [1.165, 1.54) is 0 Å². The van der Waals surface area contributed by atoms with Gasteiger partial charge in [-0.15, -0.1) is 0 Å². The van der Waals surface area contributed by atoms with Gasteiger partial charge in [0.25, 0.3) is 0 Å². The first kappa shape index (κ1) is 13.4. The van der Waals surface area contributed by atoms with Crippen LogP contribution in [0.1, 0.15) is 6.42 Å². The van der Waals surface area contributed by atoms with Crippen molar-refractivity contribution in [2.75, 3.05) is 10.5 Å². The number of benzene rings is 1. The number of para-hydroxylation sites is 1. The smallest absolute Gasteiger partial charge is 0.304 e. The van der Waals surface area contributed by atoms with Gasteiger partial charge in [-0.1, -0.05) is 6.07 Å². The number of halogens is 2. The van der Waals surface area contributed by atoms with Crippen molar-refractivity contribution in [2.24, 2.45) is 0 Å². The van der Waals surface area contributed by atoms with Crippen LogP contribution in [0.3, 0.4) is 0 Å². The van der Waals surface area contributed by atoms with Crippen LogP contribution >= 0.6 is 0 Å². The van der Waals surface area contributed by atoms with Crippen LogP contribution in [0.15, 0.2) is 18.2 Å². The van der Waals surface area contributed by atoms with Crippen LogP contribution in [-0.4, -0.2) is 25.2 Å². The van der Waals surface area contributed by atoms with Crippen LogP contribution in [0, 0.1) is 11.6 Å². The van der Waals surface area contributed by atoms with Crippen LogP contribution in [0.5, 0.6) is 0 Å². The number of carbonyl (C=O) groups is 1. The Hall–Kier alpha value is -1.70. The molecule has 0 saturated heterocycles. The van der Waals surface area contributed by atoms with Crippen LogP contribution < -0.4 is 4.72 Å². The largest absolute Gasteiger partial charge is 0.481 e. The highest BCUT2D eigenvalue weighted by atomic mass is 32.2. The molecule has 0 unspecified atom stereocenters. The molecule has 1 aromatic carbocycles. The summed E-state index contributed by atoms with van der Waals surface area (Å²) in [4.78, 5) is 10.2. The molecule has 0 amide bonds. The van der Waals surface area contributed by atoms with E-state index in [0.717, 1.165) is 18.2 Å². The van der Waals surface area contributed by atoms with Gasteiger partial charge in [0, 0.05) is 0 Å². The maximum Gasteiger partial charge on any atom is 0.304 e. The summed E-state index contributed by atoms with van der Waals surface area (Å²) in [5.74, 6) is -4.20. The van der Waals surface area contributed by atoms with Gasteiger partial charge in [0.15, 0.2) is 0 Å². The van der Waals surface area contributed by atoms with E-state index in [9.17, 15) is 22.0 Å². The molecule has 0 radical (unpaired) electrons. The lowest BCUT2D eigenvalue weighted by atomic mass is 10.3. The zero-order valence-corrected chi connectivity index (χ0v) is 9.30. The fourth-order valence-electron chi connectivity index (χ4n) is 1.02. The molecule has 2 N–H and O–H groups in total. The number of anilines is 1. The Bertz CT molecular complexity index is 510. The molecule has 1 rings (SSSR count). The predicted molar refractivity (Wildman–Crippen MR) is 56.0 cm³/mol. The second kappa shape index (κ2) is 5.09. The molecule has 1 aromatic rings. The molecule has 0 aliphatic heterocycles. The highest BCUT2D eigenvalue weighted by Crippen LogP contribution is 2.19. The van der Waals surface area contributed by atoms with Gasteiger partial charge in [0.1, 0.15) is 17.3 Å². The second-order valence-corrected chi connectivity index (χ2v) is 5.00. The molecule has 0 fully saturated rings. The summed E-state index contributed by atoms with van der Waals surface area (Å²) < 4.78 is 50.5. The van der Waals surface area contributed by atoms with Crippen LogP contribution in [0.2, 0.25) is 0 Å². The van der Waals surface area contributed by atoms with Gasteiger partial charge in [0.05, 0.1) is 12.2 Å². The first-order valence-corrected chi connectivity index (χ1v) is 6.13. The molecule has 0 heterocycles. The third-order valence-corrected chi connectivity index (χ3v) is 3.06. The summed E-state index contributed by atoms with van der Waals surface area (Å²) in [7, 11) is -4.09. The van der Waals surface area contributed by atoms with E-state index in [2.05, 4.69) is 0 Å². The Morgan fingerprint density at radius 1 is 1.29 bits per heavy atom. The molecule has 0 aliphatic rings. The van der Waals surface area contributed by atoms with E-state index >= 15 is 0 Å². The molecular weight excluding hydrogens is 256 g/mol. The summed E-state index contributed by atoms with van der Waals surface area (Å²) in [5.41, 5.74) is -0.808. The van der Waals surface area contributed by atoms with E-state index in [1.54, 1.807) is 4.72 Å². The lowest BCUT2D eigenvalue weighted by Crippen LogP contribution is -2.20. The minimum absolute atomic E-state index is 0.647. The average molecular weight is 265 g/mol. The first-order valence-electron chi connectivity index (χ1n) is 4.48. The molecule has 5 nitrogen and oxygen atoms in total. The van der Waals surface area contributed by atoms with Crippen molar-refractivity contribution in [3.8, 4) is 0 Å². The Morgan fingerprint density at radius 3 is 2.29 bits per heavy atom. The van der Waals surface area contributed by atoms with Crippen molar-refractivity contribution < 1.29 is 27.1 Å². The van der Waals surface area contributed by atoms with Gasteiger partial charge in [-0.2, -0.15) is 0 Å². The normalized spacial score (nSPS) is 11.2. The Labute approximate surface area is 96.1 Å². The van der Waals surface area contributed by atoms with Crippen molar-refractivity contribution >= 4 is 21.7 Å². The molecule has 8 heteroatoms. The highest BCUT2D eigenvalue weighted by Gasteiger charge is 2.17. The Morgan fingerprint density at radius 2 is 1.82 bits per heavy atom. The number of hydrogen-bond acceptors (Lipinski definition) is 3. The minimum atomic E-state index is -4.09. The summed E-state index contributed by atoms with van der Waals surface area (Å²) >= 11 is 0. The fourth-order valence-corrected chi connectivity index (χ4v) is 2.07. The second-order valence-electron chi connectivity index (χ2n) is 3.16. The molecule has 0 aromatic heterocycles. The van der Waals surface area contributed by atoms with E-state index < -0.39 is 45.5 Å². The van der Waals surface area contributed by atoms with Gasteiger partial charge >= 0.3 is 5.97 Å². The number of aliphatic carboxylic acids is 1. The third-order valence-electron chi connectivity index (χ3n) is 1.80. The minimum Gasteiger partial charge on any atom is -0.481 e. The SMILES string of the molecule is O=C(O)CCS(=O)(=O)Nc1c(F)cccc1F. The predicted octanol–water partition coefficient (Wildman–Crippen LogP) is 1.18. The maximum atomic E-state index is 13.1. The molecule has 0 atom stereocenters. The lowest BCUT2D eigenvalue weighted by Gasteiger charge is -2.08. The monoisotopic (exact) mass is 265 g/mol. The van der Waals surface area contributed by atoms with E-state index in [-0.39, 0.29) is 0 Å². The zero-order valence-electron chi connectivity index (χ0n) is 8.48. The number of hydrogen-bond donors (Lipinski definition) is 2. The average Bonchev–Trinajstić information content (AvgIpc) is 2.21. The van der Waals surface area contributed by atoms with Crippen molar-refractivity contribution in [1.29, 1.82) is 0 Å². The number of carboxylic acid groups (broad SMARTS) is 1. The highest BCUT2D eigenvalue weighted by molar-refractivity contribution is 7.92.